The van der Waals surface area contributed by atoms with Crippen molar-refractivity contribution in [2.45, 2.75) is 6.54 Å². The van der Waals surface area contributed by atoms with Crippen LogP contribution in [0, 0.1) is 0 Å². The van der Waals surface area contributed by atoms with Crippen LogP contribution in [0.4, 0.5) is 11.6 Å². The Labute approximate surface area is 177 Å². The number of carbonyl (C=O) groups is 2. The Morgan fingerprint density at radius 3 is 2.50 bits per heavy atom. The smallest absolute Gasteiger partial charge is 0.291 e. The number of hydrogen-bond donors (Lipinski definition) is 2. The molecule has 4 rings (SSSR count). The Morgan fingerprint density at radius 1 is 0.967 bits per heavy atom. The molecule has 0 aliphatic rings. The first-order valence-corrected chi connectivity index (χ1v) is 9.49. The molecule has 0 radical (unpaired) electrons. The number of nitrogens with one attached hydrogen (secondary N) is 2. The lowest BCUT2D eigenvalue weighted by Gasteiger charge is -2.10. The van der Waals surface area contributed by atoms with Gasteiger partial charge in [0.1, 0.15) is 0 Å². The van der Waals surface area contributed by atoms with E-state index in [1.165, 1.54) is 6.26 Å². The average Bonchev–Trinajstić information content (AvgIpc) is 3.43. The number of nitrogens with zero attached hydrogens (tertiary/aromatic N) is 2. The van der Waals surface area contributed by atoms with Gasteiger partial charge in [0.2, 0.25) is 5.95 Å². The molecule has 0 aliphatic carbocycles. The van der Waals surface area contributed by atoms with Gasteiger partial charge < -0.3 is 14.3 Å². The second kappa shape index (κ2) is 8.67. The third-order valence-corrected chi connectivity index (χ3v) is 4.76. The van der Waals surface area contributed by atoms with Gasteiger partial charge in [-0.25, -0.2) is 4.98 Å². The lowest BCUT2D eigenvalue weighted by molar-refractivity contribution is 0.0995. The summed E-state index contributed by atoms with van der Waals surface area (Å²) in [4.78, 5) is 28.8. The molecule has 2 aromatic carbocycles. The summed E-state index contributed by atoms with van der Waals surface area (Å²) < 4.78 is 6.86. The number of furan rings is 1. The van der Waals surface area contributed by atoms with E-state index in [-0.39, 0.29) is 17.6 Å². The Bertz CT molecular complexity index is 1170. The second-order valence-corrected chi connectivity index (χ2v) is 6.84. The summed E-state index contributed by atoms with van der Waals surface area (Å²) in [6.07, 6.45) is 4.81. The van der Waals surface area contributed by atoms with Crippen molar-refractivity contribution in [2.75, 3.05) is 10.6 Å². The third-order valence-electron chi connectivity index (χ3n) is 4.39. The molecule has 0 aliphatic heterocycles. The third kappa shape index (κ3) is 4.42. The normalized spacial score (nSPS) is 10.6. The highest BCUT2D eigenvalue weighted by Crippen LogP contribution is 2.19. The summed E-state index contributed by atoms with van der Waals surface area (Å²) >= 11 is 6.22. The molecule has 0 bridgehead atoms. The molecule has 0 unspecified atom stereocenters. The molecule has 30 heavy (non-hydrogen) atoms. The molecule has 8 heteroatoms. The van der Waals surface area contributed by atoms with E-state index in [2.05, 4.69) is 15.6 Å². The molecule has 150 valence electrons. The fraction of sp³-hybridized carbons (Fsp3) is 0.0455. The summed E-state index contributed by atoms with van der Waals surface area (Å²) in [6, 6.07) is 17.2. The molecule has 2 heterocycles. The van der Waals surface area contributed by atoms with Crippen LogP contribution < -0.4 is 10.6 Å². The minimum Gasteiger partial charge on any atom is -0.459 e. The van der Waals surface area contributed by atoms with Crippen molar-refractivity contribution in [3.63, 3.8) is 0 Å². The Kier molecular flexibility index (Phi) is 5.63. The molecule has 2 aromatic heterocycles. The molecule has 0 saturated carbocycles. The summed E-state index contributed by atoms with van der Waals surface area (Å²) in [5, 5.41) is 6.15. The maximum absolute atomic E-state index is 12.6. The van der Waals surface area contributed by atoms with Gasteiger partial charge in [0.15, 0.2) is 5.76 Å². The van der Waals surface area contributed by atoms with E-state index in [0.29, 0.717) is 28.8 Å². The highest BCUT2D eigenvalue weighted by molar-refractivity contribution is 6.31. The zero-order chi connectivity index (χ0) is 20.9. The van der Waals surface area contributed by atoms with Gasteiger partial charge in [0.25, 0.3) is 11.8 Å². The van der Waals surface area contributed by atoms with Crippen molar-refractivity contribution in [1.29, 1.82) is 0 Å². The molecule has 2 N–H and O–H groups in total. The number of aromatic nitrogens is 2. The minimum atomic E-state index is -0.362. The molecule has 0 saturated heterocycles. The van der Waals surface area contributed by atoms with Gasteiger partial charge in [-0.2, -0.15) is 0 Å². The van der Waals surface area contributed by atoms with E-state index in [9.17, 15) is 9.59 Å². The van der Waals surface area contributed by atoms with Crippen molar-refractivity contribution in [3.8, 4) is 0 Å². The maximum atomic E-state index is 12.6. The molecule has 4 aromatic rings. The van der Waals surface area contributed by atoms with Gasteiger partial charge in [-0.15, -0.1) is 0 Å². The van der Waals surface area contributed by atoms with Crippen LogP contribution in [0.15, 0.2) is 83.7 Å². The first-order chi connectivity index (χ1) is 14.6. The van der Waals surface area contributed by atoms with Gasteiger partial charge >= 0.3 is 0 Å². The molecular formula is C22H17ClN4O3. The molecule has 0 fully saturated rings. The van der Waals surface area contributed by atoms with Gasteiger partial charge in [-0.3, -0.25) is 14.9 Å². The van der Waals surface area contributed by atoms with E-state index in [1.54, 1.807) is 53.4 Å². The SMILES string of the molecule is O=C(Nc1nccn1Cc1ccccc1Cl)c1ccc(NC(=O)c2ccco2)cc1. The summed E-state index contributed by atoms with van der Waals surface area (Å²) in [5.74, 6) is -0.0541. The minimum absolute atomic E-state index is 0.210. The monoisotopic (exact) mass is 420 g/mol. The molecule has 7 nitrogen and oxygen atoms in total. The van der Waals surface area contributed by atoms with Crippen LogP contribution in [0.2, 0.25) is 5.02 Å². The topological polar surface area (TPSA) is 89.2 Å². The molecule has 0 atom stereocenters. The van der Waals surface area contributed by atoms with Crippen LogP contribution in [0.25, 0.3) is 0 Å². The zero-order valence-corrected chi connectivity index (χ0v) is 16.5. The Morgan fingerprint density at radius 2 is 1.77 bits per heavy atom. The van der Waals surface area contributed by atoms with Crippen LogP contribution in [0.5, 0.6) is 0 Å². The zero-order valence-electron chi connectivity index (χ0n) is 15.7. The summed E-state index contributed by atoms with van der Waals surface area (Å²) in [7, 11) is 0. The fourth-order valence-corrected chi connectivity index (χ4v) is 3.05. The first kappa shape index (κ1) is 19.5. The van der Waals surface area contributed by atoms with E-state index in [0.717, 1.165) is 5.56 Å². The van der Waals surface area contributed by atoms with Crippen molar-refractivity contribution in [3.05, 3.63) is 101 Å². The van der Waals surface area contributed by atoms with Crippen LogP contribution in [-0.2, 0) is 6.54 Å². The predicted molar refractivity (Wildman–Crippen MR) is 114 cm³/mol. The quantitative estimate of drug-likeness (QED) is 0.474. The van der Waals surface area contributed by atoms with Gasteiger partial charge in [0.05, 0.1) is 12.8 Å². The molecule has 0 spiro atoms. The second-order valence-electron chi connectivity index (χ2n) is 6.43. The number of imidazole rings is 1. The van der Waals surface area contributed by atoms with Crippen LogP contribution >= 0.6 is 11.6 Å². The number of rotatable bonds is 6. The van der Waals surface area contributed by atoms with Crippen LogP contribution in [0.3, 0.4) is 0 Å². The lowest BCUT2D eigenvalue weighted by Crippen LogP contribution is -2.16. The van der Waals surface area contributed by atoms with Crippen molar-refractivity contribution < 1.29 is 14.0 Å². The van der Waals surface area contributed by atoms with Crippen LogP contribution in [0.1, 0.15) is 26.5 Å². The number of anilines is 2. The number of hydrogen-bond acceptors (Lipinski definition) is 4. The van der Waals surface area contributed by atoms with E-state index < -0.39 is 0 Å². The lowest BCUT2D eigenvalue weighted by atomic mass is 10.2. The van der Waals surface area contributed by atoms with E-state index >= 15 is 0 Å². The van der Waals surface area contributed by atoms with Crippen molar-refractivity contribution >= 4 is 35.1 Å². The highest BCUT2D eigenvalue weighted by Gasteiger charge is 2.13. The summed E-state index contributed by atoms with van der Waals surface area (Å²) in [6.45, 7) is 0.479. The fourth-order valence-electron chi connectivity index (χ4n) is 2.85. The van der Waals surface area contributed by atoms with Crippen LogP contribution in [-0.4, -0.2) is 21.4 Å². The summed E-state index contributed by atoms with van der Waals surface area (Å²) in [5.41, 5.74) is 1.90. The number of amides is 2. The number of benzene rings is 2. The predicted octanol–water partition coefficient (Wildman–Crippen LogP) is 4.68. The number of carbonyl (C=O) groups excluding carboxylic acids is 2. The van der Waals surface area contributed by atoms with E-state index in [4.69, 9.17) is 16.0 Å². The van der Waals surface area contributed by atoms with Gasteiger partial charge in [0, 0.05) is 28.7 Å². The largest absolute Gasteiger partial charge is 0.459 e. The van der Waals surface area contributed by atoms with Gasteiger partial charge in [-0.05, 0) is 48.0 Å². The van der Waals surface area contributed by atoms with E-state index in [1.807, 2.05) is 24.3 Å². The van der Waals surface area contributed by atoms with Gasteiger partial charge in [-0.1, -0.05) is 29.8 Å². The Balaban J connectivity index is 1.42. The highest BCUT2D eigenvalue weighted by atomic mass is 35.5. The average molecular weight is 421 g/mol. The van der Waals surface area contributed by atoms with Crippen molar-refractivity contribution in [1.82, 2.24) is 9.55 Å². The Hall–Kier alpha value is -3.84. The first-order valence-electron chi connectivity index (χ1n) is 9.11. The number of halogens is 1. The standard InChI is InChI=1S/C22H17ClN4O3/c23-18-5-2-1-4-16(18)14-27-12-11-24-22(27)26-20(28)15-7-9-17(10-8-15)25-21(29)19-6-3-13-30-19/h1-13H,14H2,(H,25,29)(H,24,26,28). The van der Waals surface area contributed by atoms with Crippen molar-refractivity contribution in [2.24, 2.45) is 0 Å². The maximum Gasteiger partial charge on any atom is 0.291 e. The molecule has 2 amide bonds. The molecular weight excluding hydrogens is 404 g/mol.